The number of nitrogens with one attached hydrogen (secondary N) is 1. The molecule has 1 aromatic heterocycles. The zero-order valence-electron chi connectivity index (χ0n) is 9.85. The van der Waals surface area contributed by atoms with E-state index in [1.165, 1.54) is 9.35 Å². The minimum absolute atomic E-state index is 0.255. The normalized spacial score (nSPS) is 12.0. The number of alkyl halides is 1. The number of hydrogen-bond acceptors (Lipinski definition) is 2. The molecule has 16 heavy (non-hydrogen) atoms. The Balaban J connectivity index is 2.42. The van der Waals surface area contributed by atoms with Gasteiger partial charge in [0.1, 0.15) is 0 Å². The van der Waals surface area contributed by atoms with E-state index in [0.717, 1.165) is 31.8 Å². The molecule has 1 heterocycles. The summed E-state index contributed by atoms with van der Waals surface area (Å²) in [7, 11) is 0. The number of halogens is 2. The lowest BCUT2D eigenvalue weighted by Gasteiger charge is -2.29. The lowest BCUT2D eigenvalue weighted by Crippen LogP contribution is -2.34. The zero-order valence-corrected chi connectivity index (χ0v) is 13.0. The predicted molar refractivity (Wildman–Crippen MR) is 77.5 cm³/mol. The molecule has 0 radical (unpaired) electrons. The van der Waals surface area contributed by atoms with Gasteiger partial charge in [-0.3, -0.25) is 0 Å². The Morgan fingerprint density at radius 1 is 1.44 bits per heavy atom. The van der Waals surface area contributed by atoms with Crippen molar-refractivity contribution in [3.63, 3.8) is 0 Å². The van der Waals surface area contributed by atoms with Crippen LogP contribution in [0.3, 0.4) is 0 Å². The van der Waals surface area contributed by atoms with Crippen LogP contribution in [0, 0.1) is 5.41 Å². The first-order valence-electron chi connectivity index (χ1n) is 5.66. The highest BCUT2D eigenvalue weighted by Crippen LogP contribution is 2.28. The van der Waals surface area contributed by atoms with Crippen molar-refractivity contribution < 1.29 is 0 Å². The summed E-state index contributed by atoms with van der Waals surface area (Å²) in [5.74, 6) is 0.735. The first-order valence-corrected chi connectivity index (χ1v) is 7.86. The molecule has 0 unspecified atom stereocenters. The Morgan fingerprint density at radius 3 is 2.56 bits per heavy atom. The van der Waals surface area contributed by atoms with Crippen LogP contribution in [-0.2, 0) is 6.54 Å². The molecule has 0 bridgehead atoms. The molecule has 1 aromatic rings. The van der Waals surface area contributed by atoms with E-state index >= 15 is 0 Å². The second-order valence-electron chi connectivity index (χ2n) is 4.14. The Hall–Kier alpha value is 0.430. The summed E-state index contributed by atoms with van der Waals surface area (Å²) in [6, 6.07) is 2.09. The smallest absolute Gasteiger partial charge is 0.0327 e. The van der Waals surface area contributed by atoms with Crippen LogP contribution in [0.15, 0.2) is 15.9 Å². The molecule has 0 aliphatic heterocycles. The summed E-state index contributed by atoms with van der Waals surface area (Å²) in [6.07, 6.45) is 2.26. The fraction of sp³-hybridized carbons (Fsp3) is 0.667. The van der Waals surface area contributed by atoms with Crippen molar-refractivity contribution in [1.82, 2.24) is 5.32 Å². The third-order valence-corrected chi connectivity index (χ3v) is 5.75. The van der Waals surface area contributed by atoms with Gasteiger partial charge in [0.25, 0.3) is 0 Å². The zero-order chi connectivity index (χ0) is 12.0. The van der Waals surface area contributed by atoms with Crippen molar-refractivity contribution in [2.45, 2.75) is 33.2 Å². The molecule has 1 nitrogen and oxygen atoms in total. The minimum atomic E-state index is 0.255. The van der Waals surface area contributed by atoms with Crippen molar-refractivity contribution >= 4 is 38.9 Å². The summed E-state index contributed by atoms with van der Waals surface area (Å²) < 4.78 is 1.20. The van der Waals surface area contributed by atoms with Gasteiger partial charge in [0.15, 0.2) is 0 Å². The standard InChI is InChI=1S/C12H19BrClNS/c1-3-12(4-2,8-14)9-15-7-11-10(13)5-6-16-11/h5-6,15H,3-4,7-9H2,1-2H3. The minimum Gasteiger partial charge on any atom is -0.311 e. The molecule has 92 valence electrons. The van der Waals surface area contributed by atoms with Crippen LogP contribution in [0.2, 0.25) is 0 Å². The maximum atomic E-state index is 6.07. The van der Waals surface area contributed by atoms with Gasteiger partial charge < -0.3 is 5.32 Å². The van der Waals surface area contributed by atoms with Gasteiger partial charge in [0, 0.05) is 28.3 Å². The highest BCUT2D eigenvalue weighted by atomic mass is 79.9. The molecule has 1 rings (SSSR count). The number of hydrogen-bond donors (Lipinski definition) is 1. The van der Waals surface area contributed by atoms with Crippen molar-refractivity contribution in [3.8, 4) is 0 Å². The number of thiophene rings is 1. The maximum Gasteiger partial charge on any atom is 0.0327 e. The van der Waals surface area contributed by atoms with E-state index in [2.05, 4.69) is 46.5 Å². The van der Waals surface area contributed by atoms with Crippen molar-refractivity contribution in [3.05, 3.63) is 20.8 Å². The van der Waals surface area contributed by atoms with E-state index in [0.29, 0.717) is 0 Å². The molecular formula is C12H19BrClNS. The van der Waals surface area contributed by atoms with E-state index in [-0.39, 0.29) is 5.41 Å². The summed E-state index contributed by atoms with van der Waals surface area (Å²) >= 11 is 11.4. The van der Waals surface area contributed by atoms with E-state index in [1.807, 2.05) is 0 Å². The summed E-state index contributed by atoms with van der Waals surface area (Å²) in [5.41, 5.74) is 0.255. The Labute approximate surface area is 116 Å². The topological polar surface area (TPSA) is 12.0 Å². The molecule has 0 amide bonds. The lowest BCUT2D eigenvalue weighted by molar-refractivity contribution is 0.286. The monoisotopic (exact) mass is 323 g/mol. The second-order valence-corrected chi connectivity index (χ2v) is 6.26. The third kappa shape index (κ3) is 3.73. The van der Waals surface area contributed by atoms with Gasteiger partial charge in [-0.1, -0.05) is 13.8 Å². The second kappa shape index (κ2) is 7.00. The summed E-state index contributed by atoms with van der Waals surface area (Å²) in [4.78, 5) is 1.36. The molecule has 0 spiro atoms. The van der Waals surface area contributed by atoms with Gasteiger partial charge >= 0.3 is 0 Å². The van der Waals surface area contributed by atoms with Crippen molar-refractivity contribution in [2.24, 2.45) is 5.41 Å². The Kier molecular flexibility index (Phi) is 6.34. The highest BCUT2D eigenvalue weighted by Gasteiger charge is 2.24. The fourth-order valence-corrected chi connectivity index (χ4v) is 3.56. The molecular weight excluding hydrogens is 306 g/mol. The van der Waals surface area contributed by atoms with Crippen LogP contribution < -0.4 is 5.32 Å². The summed E-state index contributed by atoms with van der Waals surface area (Å²) in [6.45, 7) is 6.36. The van der Waals surface area contributed by atoms with Crippen LogP contribution in [0.25, 0.3) is 0 Å². The molecule has 0 atom stereocenters. The van der Waals surface area contributed by atoms with Gasteiger partial charge in [-0.05, 0) is 45.6 Å². The average molecular weight is 325 g/mol. The molecule has 0 aromatic carbocycles. The van der Waals surface area contributed by atoms with Crippen LogP contribution in [0.5, 0.6) is 0 Å². The summed E-state index contributed by atoms with van der Waals surface area (Å²) in [5, 5.41) is 5.62. The van der Waals surface area contributed by atoms with E-state index < -0.39 is 0 Å². The third-order valence-electron chi connectivity index (χ3n) is 3.26. The molecule has 0 saturated heterocycles. The Bertz CT molecular complexity index is 301. The first kappa shape index (κ1) is 14.5. The molecule has 1 N–H and O–H groups in total. The van der Waals surface area contributed by atoms with Crippen molar-refractivity contribution in [2.75, 3.05) is 12.4 Å². The average Bonchev–Trinajstić information content (AvgIpc) is 2.71. The molecule has 0 saturated carbocycles. The predicted octanol–water partition coefficient (Wildman–Crippen LogP) is 4.65. The molecule has 4 heteroatoms. The SMILES string of the molecule is CCC(CC)(CCl)CNCc1sccc1Br. The fourth-order valence-electron chi connectivity index (χ4n) is 1.63. The van der Waals surface area contributed by atoms with E-state index in [9.17, 15) is 0 Å². The largest absolute Gasteiger partial charge is 0.311 e. The molecule has 0 aliphatic carbocycles. The van der Waals surface area contributed by atoms with Gasteiger partial charge in [-0.15, -0.1) is 22.9 Å². The number of rotatable bonds is 7. The van der Waals surface area contributed by atoms with Gasteiger partial charge in [-0.25, -0.2) is 0 Å². The molecule has 0 fully saturated rings. The maximum absolute atomic E-state index is 6.07. The quantitative estimate of drug-likeness (QED) is 0.720. The van der Waals surface area contributed by atoms with E-state index in [4.69, 9.17) is 11.6 Å². The lowest BCUT2D eigenvalue weighted by atomic mass is 9.84. The van der Waals surface area contributed by atoms with Crippen LogP contribution in [-0.4, -0.2) is 12.4 Å². The molecule has 0 aliphatic rings. The highest BCUT2D eigenvalue weighted by molar-refractivity contribution is 9.10. The van der Waals surface area contributed by atoms with Gasteiger partial charge in [-0.2, -0.15) is 0 Å². The van der Waals surface area contributed by atoms with E-state index in [1.54, 1.807) is 11.3 Å². The van der Waals surface area contributed by atoms with Crippen molar-refractivity contribution in [1.29, 1.82) is 0 Å². The van der Waals surface area contributed by atoms with Crippen LogP contribution in [0.4, 0.5) is 0 Å². The Morgan fingerprint density at radius 2 is 2.12 bits per heavy atom. The van der Waals surface area contributed by atoms with Crippen LogP contribution in [0.1, 0.15) is 31.6 Å². The van der Waals surface area contributed by atoms with Gasteiger partial charge in [0.05, 0.1) is 0 Å². The van der Waals surface area contributed by atoms with Crippen LogP contribution >= 0.6 is 38.9 Å². The van der Waals surface area contributed by atoms with Gasteiger partial charge in [0.2, 0.25) is 0 Å². The first-order chi connectivity index (χ1) is 7.67.